The van der Waals surface area contributed by atoms with Gasteiger partial charge in [-0.2, -0.15) is 4.79 Å². The summed E-state index contributed by atoms with van der Waals surface area (Å²) in [6.07, 6.45) is -1.10. The third kappa shape index (κ3) is 7.88. The maximum Gasteiger partial charge on any atom is 0.521 e. The Bertz CT molecular complexity index is 1340. The van der Waals surface area contributed by atoms with E-state index in [1.54, 1.807) is 24.3 Å². The number of amides is 3. The largest absolute Gasteiger partial charge is 0.521 e. The normalized spacial score (nSPS) is 18.9. The lowest BCUT2D eigenvalue weighted by Gasteiger charge is -2.40. The summed E-state index contributed by atoms with van der Waals surface area (Å²) in [4.78, 5) is 58.7. The van der Waals surface area contributed by atoms with Crippen molar-refractivity contribution in [2.45, 2.75) is 38.5 Å². The van der Waals surface area contributed by atoms with Crippen LogP contribution >= 0.6 is 0 Å². The molecule has 1 heterocycles. The Morgan fingerprint density at radius 2 is 1.43 bits per heavy atom. The molecular weight excluding hydrogens is 538 g/mol. The van der Waals surface area contributed by atoms with Crippen LogP contribution in [0.15, 0.2) is 91.0 Å². The molecule has 3 atom stereocenters. The minimum atomic E-state index is -1.45. The van der Waals surface area contributed by atoms with Crippen LogP contribution in [0.5, 0.6) is 0 Å². The van der Waals surface area contributed by atoms with Crippen molar-refractivity contribution in [2.75, 3.05) is 19.6 Å². The van der Waals surface area contributed by atoms with Crippen molar-refractivity contribution in [1.82, 2.24) is 10.8 Å². The van der Waals surface area contributed by atoms with Gasteiger partial charge in [0.25, 0.3) is 0 Å². The number of imide groups is 1. The number of rotatable bonds is 12. The van der Waals surface area contributed by atoms with Crippen molar-refractivity contribution >= 4 is 23.9 Å². The quantitative estimate of drug-likeness (QED) is 0.170. The monoisotopic (exact) mass is 574 g/mol. The fraction of sp³-hybridized carbons (Fsp3) is 0.312. The van der Waals surface area contributed by atoms with E-state index in [0.717, 1.165) is 16.7 Å². The maximum absolute atomic E-state index is 14.2. The number of carbonyl (C=O) groups excluding carboxylic acids is 3. The number of hydrogen-bond donors (Lipinski definition) is 3. The fourth-order valence-corrected chi connectivity index (χ4v) is 5.14. The number of quaternary nitrogens is 1. The van der Waals surface area contributed by atoms with Gasteiger partial charge in [-0.3, -0.25) is 9.63 Å². The van der Waals surface area contributed by atoms with Gasteiger partial charge in [0.1, 0.15) is 13.2 Å². The Morgan fingerprint density at radius 1 is 0.857 bits per heavy atom. The summed E-state index contributed by atoms with van der Waals surface area (Å²) in [6, 6.07) is 26.4. The van der Waals surface area contributed by atoms with Gasteiger partial charge in [0.15, 0.2) is 0 Å². The first-order chi connectivity index (χ1) is 20.4. The number of ether oxygens (including phenoxy) is 1. The summed E-state index contributed by atoms with van der Waals surface area (Å²) >= 11 is 0. The van der Waals surface area contributed by atoms with Crippen molar-refractivity contribution < 1.29 is 38.3 Å². The SMILES string of the molecule is O=C(C[C@@H](CCc1ccccc1)C(=O)[N@@+]1(C(=O)O)CCNCC1C(=O)OCc1ccccc1)NOCc1ccccc1. The van der Waals surface area contributed by atoms with Gasteiger partial charge in [0, 0.05) is 13.0 Å². The number of piperazine rings is 1. The van der Waals surface area contributed by atoms with E-state index in [1.807, 2.05) is 66.7 Å². The van der Waals surface area contributed by atoms with E-state index in [2.05, 4.69) is 10.8 Å². The molecule has 0 saturated carbocycles. The molecule has 1 unspecified atom stereocenters. The minimum absolute atomic E-state index is 0.0521. The predicted octanol–water partition coefficient (Wildman–Crippen LogP) is 3.61. The Kier molecular flexibility index (Phi) is 10.9. The van der Waals surface area contributed by atoms with Crippen LogP contribution in [0.2, 0.25) is 0 Å². The van der Waals surface area contributed by atoms with Gasteiger partial charge in [0.05, 0.1) is 19.1 Å². The van der Waals surface area contributed by atoms with Crippen LogP contribution in [0.4, 0.5) is 4.79 Å². The number of benzene rings is 3. The fourth-order valence-electron chi connectivity index (χ4n) is 5.14. The summed E-state index contributed by atoms with van der Waals surface area (Å²) in [7, 11) is 0. The lowest BCUT2D eigenvalue weighted by atomic mass is 9.92. The molecular formula is C32H36N3O7+. The molecule has 0 bridgehead atoms. The average Bonchev–Trinajstić information content (AvgIpc) is 3.03. The van der Waals surface area contributed by atoms with Gasteiger partial charge in [-0.05, 0) is 29.5 Å². The zero-order valence-electron chi connectivity index (χ0n) is 23.3. The first-order valence-corrected chi connectivity index (χ1v) is 14.0. The number of nitrogens with zero attached hydrogens (tertiary/aromatic N) is 1. The van der Waals surface area contributed by atoms with Crippen molar-refractivity contribution in [3.63, 3.8) is 0 Å². The van der Waals surface area contributed by atoms with Crippen LogP contribution in [-0.4, -0.2) is 59.1 Å². The smallest absolute Gasteiger partial charge is 0.456 e. The van der Waals surface area contributed by atoms with Gasteiger partial charge in [-0.1, -0.05) is 91.0 Å². The third-order valence-corrected chi connectivity index (χ3v) is 7.41. The number of carbonyl (C=O) groups is 4. The molecule has 0 radical (unpaired) electrons. The molecule has 3 N–H and O–H groups in total. The predicted molar refractivity (Wildman–Crippen MR) is 153 cm³/mol. The molecule has 1 aliphatic rings. The van der Waals surface area contributed by atoms with Crippen molar-refractivity contribution in [2.24, 2.45) is 5.92 Å². The molecule has 0 spiro atoms. The summed E-state index contributed by atoms with van der Waals surface area (Å²) in [5.74, 6) is -3.05. The van der Waals surface area contributed by atoms with Crippen LogP contribution in [-0.2, 0) is 43.6 Å². The Hall–Kier alpha value is -4.38. The van der Waals surface area contributed by atoms with Gasteiger partial charge in [-0.25, -0.2) is 15.1 Å². The lowest BCUT2D eigenvalue weighted by molar-refractivity contribution is -0.804. The number of nitrogens with one attached hydrogen (secondary N) is 2. The number of hydroxylamine groups is 1. The van der Waals surface area contributed by atoms with Crippen LogP contribution in [0, 0.1) is 5.92 Å². The van der Waals surface area contributed by atoms with E-state index < -0.39 is 40.3 Å². The molecule has 1 fully saturated rings. The molecule has 4 rings (SSSR count). The second-order valence-corrected chi connectivity index (χ2v) is 10.3. The summed E-state index contributed by atoms with van der Waals surface area (Å²) < 4.78 is 4.36. The van der Waals surface area contributed by atoms with E-state index in [1.165, 1.54) is 0 Å². The van der Waals surface area contributed by atoms with Gasteiger partial charge >= 0.3 is 18.0 Å². The number of aryl methyl sites for hydroxylation is 1. The van der Waals surface area contributed by atoms with E-state index >= 15 is 0 Å². The molecule has 10 heteroatoms. The molecule has 0 aromatic heterocycles. The summed E-state index contributed by atoms with van der Waals surface area (Å²) in [6.45, 7) is 0.0723. The molecule has 10 nitrogen and oxygen atoms in total. The molecule has 3 amide bonds. The molecule has 3 aromatic rings. The highest BCUT2D eigenvalue weighted by molar-refractivity contribution is 5.90. The Labute approximate surface area is 244 Å². The summed E-state index contributed by atoms with van der Waals surface area (Å²) in [5, 5.41) is 13.5. The van der Waals surface area contributed by atoms with E-state index in [0.29, 0.717) is 6.42 Å². The molecule has 42 heavy (non-hydrogen) atoms. The highest BCUT2D eigenvalue weighted by Gasteiger charge is 2.58. The number of esters is 1. The second kappa shape index (κ2) is 15.0. The zero-order chi connectivity index (χ0) is 29.8. The Balaban J connectivity index is 1.52. The average molecular weight is 575 g/mol. The first kappa shape index (κ1) is 30.6. The molecule has 1 saturated heterocycles. The Morgan fingerprint density at radius 3 is 2.02 bits per heavy atom. The highest BCUT2D eigenvalue weighted by Crippen LogP contribution is 2.28. The van der Waals surface area contributed by atoms with Crippen LogP contribution in [0.25, 0.3) is 0 Å². The van der Waals surface area contributed by atoms with Crippen LogP contribution in [0.1, 0.15) is 29.5 Å². The second-order valence-electron chi connectivity index (χ2n) is 10.3. The zero-order valence-corrected chi connectivity index (χ0v) is 23.3. The van der Waals surface area contributed by atoms with Gasteiger partial charge in [0.2, 0.25) is 11.9 Å². The lowest BCUT2D eigenvalue weighted by Crippen LogP contribution is -2.73. The molecule has 220 valence electrons. The van der Waals surface area contributed by atoms with E-state index in [9.17, 15) is 24.3 Å². The maximum atomic E-state index is 14.2. The topological polar surface area (TPSA) is 131 Å². The highest BCUT2D eigenvalue weighted by atomic mass is 16.6. The molecule has 3 aromatic carbocycles. The van der Waals surface area contributed by atoms with Crippen molar-refractivity contribution in [3.8, 4) is 0 Å². The third-order valence-electron chi connectivity index (χ3n) is 7.41. The van der Waals surface area contributed by atoms with Gasteiger partial charge in [-0.15, -0.1) is 4.48 Å². The first-order valence-electron chi connectivity index (χ1n) is 14.0. The molecule has 1 aliphatic heterocycles. The van der Waals surface area contributed by atoms with Gasteiger partial charge < -0.3 is 15.2 Å². The van der Waals surface area contributed by atoms with Crippen molar-refractivity contribution in [1.29, 1.82) is 0 Å². The number of carboxylic acid groups (broad SMARTS) is 1. The minimum Gasteiger partial charge on any atom is -0.456 e. The van der Waals surface area contributed by atoms with E-state index in [4.69, 9.17) is 9.57 Å². The van der Waals surface area contributed by atoms with Crippen LogP contribution < -0.4 is 10.8 Å². The molecule has 0 aliphatic carbocycles. The number of hydrogen-bond acceptors (Lipinski definition) is 7. The van der Waals surface area contributed by atoms with Crippen molar-refractivity contribution in [3.05, 3.63) is 108 Å². The van der Waals surface area contributed by atoms with Crippen LogP contribution in [0.3, 0.4) is 0 Å². The van der Waals surface area contributed by atoms with E-state index in [-0.39, 0.29) is 45.7 Å². The standard InChI is InChI=1S/C32H35N3O7/c36-29(34-42-23-26-14-8-3-9-15-26)20-27(17-16-24-10-4-1-5-11-24)30(37)35(32(39)40)19-18-33-21-28(35)31(38)41-22-25-12-6-2-7-13-25/h1-15,27-28,33H,16-23H2,(H-,34,36,39,40)/p+1/t27-,28?,35-/m1/s1. The summed E-state index contributed by atoms with van der Waals surface area (Å²) in [5.41, 5.74) is 4.91.